The molecular weight excluding hydrogens is 378 g/mol. The van der Waals surface area contributed by atoms with E-state index in [1.165, 1.54) is 37.8 Å². The quantitative estimate of drug-likeness (QED) is 0.647. The number of pyridine rings is 2. The molecule has 148 valence electrons. The lowest BCUT2D eigenvalue weighted by atomic mass is 9.92. The van der Waals surface area contributed by atoms with E-state index >= 15 is 0 Å². The van der Waals surface area contributed by atoms with Gasteiger partial charge in [-0.15, -0.1) is 0 Å². The van der Waals surface area contributed by atoms with Crippen LogP contribution in [0.1, 0.15) is 55.6 Å². The number of hydrogen-bond acceptors (Lipinski definition) is 3. The van der Waals surface area contributed by atoms with Gasteiger partial charge in [0, 0.05) is 42.2 Å². The number of thiocarbonyl (C=S) groups is 1. The van der Waals surface area contributed by atoms with Gasteiger partial charge in [0.25, 0.3) is 0 Å². The van der Waals surface area contributed by atoms with Gasteiger partial charge in [-0.25, -0.2) is 0 Å². The first-order valence-corrected chi connectivity index (χ1v) is 10.8. The highest BCUT2D eigenvalue weighted by Gasteiger charge is 2.44. The SMILES string of the molecule is S=C1N[C@@H](c2ccccn2)[C@H](c2cccn2-c2ccncc2)N1C1CCCCC1. The van der Waals surface area contributed by atoms with Gasteiger partial charge < -0.3 is 14.8 Å². The maximum Gasteiger partial charge on any atom is 0.170 e. The molecule has 1 aliphatic heterocycles. The molecule has 0 spiro atoms. The summed E-state index contributed by atoms with van der Waals surface area (Å²) in [6, 6.07) is 15.1. The Kier molecular flexibility index (Phi) is 5.02. The van der Waals surface area contributed by atoms with Crippen LogP contribution in [0, 0.1) is 0 Å². The van der Waals surface area contributed by atoms with Crippen molar-refractivity contribution in [1.29, 1.82) is 0 Å². The van der Waals surface area contributed by atoms with Gasteiger partial charge in [0.2, 0.25) is 0 Å². The molecule has 1 aliphatic carbocycles. The monoisotopic (exact) mass is 403 g/mol. The Balaban J connectivity index is 1.61. The summed E-state index contributed by atoms with van der Waals surface area (Å²) in [7, 11) is 0. The molecule has 5 nitrogen and oxygen atoms in total. The van der Waals surface area contributed by atoms with Crippen LogP contribution in [0.2, 0.25) is 0 Å². The normalized spacial score (nSPS) is 22.6. The molecule has 2 atom stereocenters. The number of rotatable bonds is 4. The van der Waals surface area contributed by atoms with Crippen LogP contribution in [-0.2, 0) is 0 Å². The maximum atomic E-state index is 5.88. The van der Waals surface area contributed by atoms with Crippen molar-refractivity contribution in [3.8, 4) is 5.69 Å². The Hall–Kier alpha value is -2.73. The van der Waals surface area contributed by atoms with Gasteiger partial charge in [-0.05, 0) is 61.5 Å². The summed E-state index contributed by atoms with van der Waals surface area (Å²) in [4.78, 5) is 11.3. The van der Waals surface area contributed by atoms with Crippen molar-refractivity contribution in [2.75, 3.05) is 0 Å². The summed E-state index contributed by atoms with van der Waals surface area (Å²) in [6.07, 6.45) is 13.9. The molecule has 1 saturated carbocycles. The highest BCUT2D eigenvalue weighted by Crippen LogP contribution is 2.43. The zero-order valence-electron chi connectivity index (χ0n) is 16.3. The van der Waals surface area contributed by atoms with E-state index in [2.05, 4.69) is 55.2 Å². The summed E-state index contributed by atoms with van der Waals surface area (Å²) in [6.45, 7) is 0. The van der Waals surface area contributed by atoms with E-state index in [9.17, 15) is 0 Å². The largest absolute Gasteiger partial charge is 0.352 e. The Morgan fingerprint density at radius 2 is 1.76 bits per heavy atom. The highest BCUT2D eigenvalue weighted by atomic mass is 32.1. The smallest absolute Gasteiger partial charge is 0.170 e. The summed E-state index contributed by atoms with van der Waals surface area (Å²) < 4.78 is 2.26. The molecule has 4 heterocycles. The number of aromatic nitrogens is 3. The molecule has 0 aromatic carbocycles. The van der Waals surface area contributed by atoms with Crippen molar-refractivity contribution in [2.24, 2.45) is 0 Å². The van der Waals surface area contributed by atoms with Crippen molar-refractivity contribution < 1.29 is 0 Å². The van der Waals surface area contributed by atoms with Crippen LogP contribution in [0.15, 0.2) is 67.3 Å². The van der Waals surface area contributed by atoms with Crippen LogP contribution in [0.3, 0.4) is 0 Å². The first-order chi connectivity index (χ1) is 14.3. The van der Waals surface area contributed by atoms with Crippen LogP contribution in [0.4, 0.5) is 0 Å². The highest BCUT2D eigenvalue weighted by molar-refractivity contribution is 7.80. The van der Waals surface area contributed by atoms with E-state index in [1.54, 1.807) is 0 Å². The number of hydrogen-bond donors (Lipinski definition) is 1. The molecule has 2 fully saturated rings. The molecule has 0 unspecified atom stereocenters. The fraction of sp³-hybridized carbons (Fsp3) is 0.348. The van der Waals surface area contributed by atoms with Crippen molar-refractivity contribution in [1.82, 2.24) is 24.8 Å². The Labute approximate surface area is 176 Å². The van der Waals surface area contributed by atoms with E-state index in [-0.39, 0.29) is 12.1 Å². The number of nitrogens with zero attached hydrogens (tertiary/aromatic N) is 4. The third-order valence-corrected chi connectivity index (χ3v) is 6.46. The number of nitrogens with one attached hydrogen (secondary N) is 1. The fourth-order valence-electron chi connectivity index (χ4n) is 4.81. The van der Waals surface area contributed by atoms with E-state index in [0.717, 1.165) is 16.5 Å². The first-order valence-electron chi connectivity index (χ1n) is 10.4. The summed E-state index contributed by atoms with van der Waals surface area (Å²) in [5, 5.41) is 4.45. The minimum Gasteiger partial charge on any atom is -0.352 e. The maximum absolute atomic E-state index is 5.88. The lowest BCUT2D eigenvalue weighted by Crippen LogP contribution is -2.40. The molecule has 3 aromatic heterocycles. The molecule has 0 bridgehead atoms. The lowest BCUT2D eigenvalue weighted by molar-refractivity contribution is 0.193. The van der Waals surface area contributed by atoms with Crippen molar-refractivity contribution in [3.05, 3.63) is 78.6 Å². The minimum absolute atomic E-state index is 0.0288. The van der Waals surface area contributed by atoms with Gasteiger partial charge >= 0.3 is 0 Å². The van der Waals surface area contributed by atoms with Crippen LogP contribution in [-0.4, -0.2) is 30.6 Å². The molecule has 0 amide bonds. The molecule has 29 heavy (non-hydrogen) atoms. The van der Waals surface area contributed by atoms with Crippen LogP contribution >= 0.6 is 12.2 Å². The van der Waals surface area contributed by atoms with E-state index < -0.39 is 0 Å². The van der Waals surface area contributed by atoms with Gasteiger partial charge in [0.05, 0.1) is 17.8 Å². The van der Waals surface area contributed by atoms with Crippen molar-refractivity contribution in [3.63, 3.8) is 0 Å². The van der Waals surface area contributed by atoms with E-state index in [1.807, 2.05) is 36.8 Å². The topological polar surface area (TPSA) is 46.0 Å². The summed E-state index contributed by atoms with van der Waals surface area (Å²) in [5.74, 6) is 0. The molecular formula is C23H25N5S. The molecule has 3 aromatic rings. The Morgan fingerprint density at radius 1 is 0.931 bits per heavy atom. The summed E-state index contributed by atoms with van der Waals surface area (Å²) in [5.41, 5.74) is 3.37. The van der Waals surface area contributed by atoms with E-state index in [0.29, 0.717) is 6.04 Å². The molecule has 1 saturated heterocycles. The molecule has 2 aliphatic rings. The molecule has 6 heteroatoms. The van der Waals surface area contributed by atoms with Crippen molar-refractivity contribution in [2.45, 2.75) is 50.2 Å². The first kappa shape index (κ1) is 18.3. The average molecular weight is 404 g/mol. The lowest BCUT2D eigenvalue weighted by Gasteiger charge is -2.37. The van der Waals surface area contributed by atoms with Gasteiger partial charge in [-0.1, -0.05) is 25.3 Å². The second-order valence-corrected chi connectivity index (χ2v) is 8.22. The van der Waals surface area contributed by atoms with Gasteiger partial charge in [-0.2, -0.15) is 0 Å². The second kappa shape index (κ2) is 7.95. The Bertz CT molecular complexity index is 965. The average Bonchev–Trinajstić information content (AvgIpc) is 3.40. The van der Waals surface area contributed by atoms with Crippen LogP contribution in [0.25, 0.3) is 5.69 Å². The van der Waals surface area contributed by atoms with Gasteiger partial charge in [0.1, 0.15) is 0 Å². The second-order valence-electron chi connectivity index (χ2n) is 7.83. The third kappa shape index (κ3) is 3.42. The van der Waals surface area contributed by atoms with Crippen molar-refractivity contribution >= 4 is 17.3 Å². The molecule has 1 N–H and O–H groups in total. The summed E-state index contributed by atoms with van der Waals surface area (Å²) >= 11 is 5.88. The van der Waals surface area contributed by atoms with Gasteiger partial charge in [-0.3, -0.25) is 9.97 Å². The predicted molar refractivity (Wildman–Crippen MR) is 118 cm³/mol. The van der Waals surface area contributed by atoms with Gasteiger partial charge in [0.15, 0.2) is 5.11 Å². The third-order valence-electron chi connectivity index (χ3n) is 6.13. The fourth-order valence-corrected chi connectivity index (χ4v) is 5.20. The molecule has 5 rings (SSSR count). The zero-order chi connectivity index (χ0) is 19.6. The minimum atomic E-state index is 0.0288. The van der Waals surface area contributed by atoms with E-state index in [4.69, 9.17) is 12.2 Å². The predicted octanol–water partition coefficient (Wildman–Crippen LogP) is 4.57. The standard InChI is InChI=1S/C23H25N5S/c29-23-26-21(19-9-4-5-13-25-19)22(28(23)18-7-2-1-3-8-18)20-10-6-16-27(20)17-11-14-24-15-12-17/h4-6,9-16,18,21-22H,1-3,7-8H2,(H,26,29)/t21-,22-/m0/s1. The zero-order valence-corrected chi connectivity index (χ0v) is 17.1. The van der Waals surface area contributed by atoms with Crippen LogP contribution in [0.5, 0.6) is 0 Å². The van der Waals surface area contributed by atoms with Crippen LogP contribution < -0.4 is 5.32 Å². The molecule has 0 radical (unpaired) electrons. The Morgan fingerprint density at radius 3 is 2.52 bits per heavy atom.